The number of aromatic carboxylic acids is 1. The summed E-state index contributed by atoms with van der Waals surface area (Å²) < 4.78 is 5.44. The Morgan fingerprint density at radius 2 is 2.03 bits per heavy atom. The number of fused-ring (bicyclic) bond motifs is 1. The van der Waals surface area contributed by atoms with Gasteiger partial charge in [-0.2, -0.15) is 5.26 Å². The van der Waals surface area contributed by atoms with Crippen molar-refractivity contribution in [3.8, 4) is 16.5 Å². The van der Waals surface area contributed by atoms with E-state index in [-0.39, 0.29) is 17.1 Å². The standard InChI is InChI=1S/C21H13N3O4S/c1-11-8-12(9-22)6-7-13(11)18-17(21(26)27)15(10-29-18)23-19(25)20-24-14-4-2-3-5-16(14)28-20/h2-8,10H,1H3,(H,23,25)(H,26,27). The molecule has 142 valence electrons. The van der Waals surface area contributed by atoms with Gasteiger partial charge in [-0.05, 0) is 42.3 Å². The van der Waals surface area contributed by atoms with Gasteiger partial charge in [0.2, 0.25) is 0 Å². The Labute approximate surface area is 168 Å². The Kier molecular flexibility index (Phi) is 4.58. The summed E-state index contributed by atoms with van der Waals surface area (Å²) in [7, 11) is 0. The Morgan fingerprint density at radius 3 is 2.72 bits per heavy atom. The van der Waals surface area contributed by atoms with E-state index in [0.717, 1.165) is 5.56 Å². The van der Waals surface area contributed by atoms with E-state index in [4.69, 9.17) is 9.68 Å². The van der Waals surface area contributed by atoms with E-state index >= 15 is 0 Å². The van der Waals surface area contributed by atoms with Crippen LogP contribution in [0.5, 0.6) is 0 Å². The zero-order valence-electron chi connectivity index (χ0n) is 15.1. The minimum Gasteiger partial charge on any atom is -0.478 e. The van der Waals surface area contributed by atoms with Gasteiger partial charge in [0.15, 0.2) is 5.58 Å². The topological polar surface area (TPSA) is 116 Å². The summed E-state index contributed by atoms with van der Waals surface area (Å²) in [4.78, 5) is 29.1. The molecule has 2 aromatic heterocycles. The number of benzene rings is 2. The lowest BCUT2D eigenvalue weighted by Gasteiger charge is -2.07. The first-order valence-electron chi connectivity index (χ1n) is 8.50. The lowest BCUT2D eigenvalue weighted by Crippen LogP contribution is -2.14. The number of thiophene rings is 1. The van der Waals surface area contributed by atoms with Crippen LogP contribution in [0.3, 0.4) is 0 Å². The molecule has 4 aromatic rings. The van der Waals surface area contributed by atoms with Crippen LogP contribution in [0.15, 0.2) is 52.3 Å². The number of amides is 1. The molecule has 29 heavy (non-hydrogen) atoms. The first-order chi connectivity index (χ1) is 14.0. The minimum atomic E-state index is -1.17. The van der Waals surface area contributed by atoms with Crippen molar-refractivity contribution < 1.29 is 19.1 Å². The molecule has 0 aliphatic rings. The number of hydrogen-bond acceptors (Lipinski definition) is 6. The molecule has 0 bridgehead atoms. The van der Waals surface area contributed by atoms with E-state index in [0.29, 0.717) is 27.1 Å². The zero-order valence-corrected chi connectivity index (χ0v) is 15.9. The largest absolute Gasteiger partial charge is 0.478 e. The van der Waals surface area contributed by atoms with Gasteiger partial charge in [-0.25, -0.2) is 9.78 Å². The number of hydrogen-bond donors (Lipinski definition) is 2. The first kappa shape index (κ1) is 18.4. The lowest BCUT2D eigenvalue weighted by atomic mass is 10.0. The molecule has 1 amide bonds. The normalized spacial score (nSPS) is 10.6. The number of rotatable bonds is 4. The number of carboxylic acid groups (broad SMARTS) is 1. The summed E-state index contributed by atoms with van der Waals surface area (Å²) in [5.74, 6) is -1.95. The van der Waals surface area contributed by atoms with E-state index in [9.17, 15) is 14.7 Å². The molecule has 0 saturated carbocycles. The van der Waals surface area contributed by atoms with Crippen LogP contribution in [0.2, 0.25) is 0 Å². The summed E-state index contributed by atoms with van der Waals surface area (Å²) >= 11 is 1.20. The number of carbonyl (C=O) groups excluding carboxylic acids is 1. The molecule has 2 N–H and O–H groups in total. The molecule has 0 radical (unpaired) electrons. The maximum absolute atomic E-state index is 12.6. The number of nitriles is 1. The summed E-state index contributed by atoms with van der Waals surface area (Å²) in [6.45, 7) is 1.80. The lowest BCUT2D eigenvalue weighted by molar-refractivity contribution is 0.0699. The molecule has 0 atom stereocenters. The van der Waals surface area contributed by atoms with Gasteiger partial charge in [0.25, 0.3) is 5.89 Å². The van der Waals surface area contributed by atoms with Gasteiger partial charge in [-0.1, -0.05) is 18.2 Å². The summed E-state index contributed by atoms with van der Waals surface area (Å²) in [5, 5.41) is 22.9. The Hall–Kier alpha value is -3.96. The van der Waals surface area contributed by atoms with Crippen LogP contribution in [0.25, 0.3) is 21.5 Å². The third-order valence-electron chi connectivity index (χ3n) is 4.34. The monoisotopic (exact) mass is 403 g/mol. The predicted molar refractivity (Wildman–Crippen MR) is 108 cm³/mol. The molecule has 0 saturated heterocycles. The van der Waals surface area contributed by atoms with Gasteiger partial charge >= 0.3 is 11.9 Å². The van der Waals surface area contributed by atoms with Gasteiger partial charge in [-0.3, -0.25) is 4.79 Å². The SMILES string of the molecule is Cc1cc(C#N)ccc1-c1scc(NC(=O)c2nc3ccccc3o2)c1C(=O)O. The molecule has 2 heterocycles. The van der Waals surface area contributed by atoms with Crippen molar-refractivity contribution in [1.29, 1.82) is 5.26 Å². The first-order valence-corrected chi connectivity index (χ1v) is 9.38. The maximum atomic E-state index is 12.6. The number of aromatic nitrogens is 1. The number of nitrogens with one attached hydrogen (secondary N) is 1. The Balaban J connectivity index is 1.71. The fraction of sp³-hybridized carbons (Fsp3) is 0.0476. The van der Waals surface area contributed by atoms with Crippen LogP contribution in [0, 0.1) is 18.3 Å². The van der Waals surface area contributed by atoms with Crippen LogP contribution in [-0.2, 0) is 0 Å². The highest BCUT2D eigenvalue weighted by atomic mass is 32.1. The molecule has 2 aromatic carbocycles. The van der Waals surface area contributed by atoms with E-state index in [1.165, 1.54) is 11.3 Å². The van der Waals surface area contributed by atoms with E-state index in [1.807, 2.05) is 0 Å². The van der Waals surface area contributed by atoms with Crippen LogP contribution in [-0.4, -0.2) is 22.0 Å². The van der Waals surface area contributed by atoms with E-state index in [1.54, 1.807) is 54.8 Å². The zero-order chi connectivity index (χ0) is 20.5. The molecule has 0 spiro atoms. The second-order valence-electron chi connectivity index (χ2n) is 6.24. The third-order valence-corrected chi connectivity index (χ3v) is 5.35. The van der Waals surface area contributed by atoms with Gasteiger partial charge in [-0.15, -0.1) is 11.3 Å². The number of carbonyl (C=O) groups is 2. The smallest absolute Gasteiger partial charge is 0.339 e. The predicted octanol–water partition coefficient (Wildman–Crippen LogP) is 4.69. The fourth-order valence-electron chi connectivity index (χ4n) is 2.99. The van der Waals surface area contributed by atoms with Crippen molar-refractivity contribution in [3.05, 3.63) is 70.4 Å². The molecule has 7 nitrogen and oxygen atoms in total. The number of carboxylic acids is 1. The molecular weight excluding hydrogens is 390 g/mol. The minimum absolute atomic E-state index is 0.0210. The number of oxazole rings is 1. The van der Waals surface area contributed by atoms with Crippen LogP contribution in [0.4, 0.5) is 5.69 Å². The van der Waals surface area contributed by atoms with E-state index < -0.39 is 11.9 Å². The molecule has 4 rings (SSSR count). The van der Waals surface area contributed by atoms with Crippen molar-refractivity contribution in [3.63, 3.8) is 0 Å². The van der Waals surface area contributed by atoms with Crippen LogP contribution in [0.1, 0.15) is 32.2 Å². The van der Waals surface area contributed by atoms with Crippen LogP contribution >= 0.6 is 11.3 Å². The molecule has 8 heteroatoms. The summed E-state index contributed by atoms with van der Waals surface area (Å²) in [6.07, 6.45) is 0. The molecular formula is C21H13N3O4S. The highest BCUT2D eigenvalue weighted by Crippen LogP contribution is 2.38. The summed E-state index contributed by atoms with van der Waals surface area (Å²) in [6, 6.07) is 14.0. The maximum Gasteiger partial charge on any atom is 0.339 e. The quantitative estimate of drug-likeness (QED) is 0.511. The Morgan fingerprint density at radius 1 is 1.24 bits per heavy atom. The van der Waals surface area contributed by atoms with Crippen LogP contribution < -0.4 is 5.32 Å². The molecule has 0 aliphatic carbocycles. The second kappa shape index (κ2) is 7.22. The van der Waals surface area contributed by atoms with Gasteiger partial charge in [0, 0.05) is 5.38 Å². The third kappa shape index (κ3) is 3.35. The molecule has 0 unspecified atom stereocenters. The van der Waals surface area contributed by atoms with Crippen molar-refractivity contribution in [2.45, 2.75) is 6.92 Å². The summed E-state index contributed by atoms with van der Waals surface area (Å²) in [5.41, 5.74) is 3.09. The number of para-hydroxylation sites is 2. The van der Waals surface area contributed by atoms with Crippen molar-refractivity contribution in [1.82, 2.24) is 4.98 Å². The average Bonchev–Trinajstić information content (AvgIpc) is 3.32. The average molecular weight is 403 g/mol. The number of aryl methyl sites for hydroxylation is 1. The van der Waals surface area contributed by atoms with Gasteiger partial charge < -0.3 is 14.8 Å². The molecule has 0 aliphatic heterocycles. The Bertz CT molecular complexity index is 1280. The number of nitrogens with zero attached hydrogens (tertiary/aromatic N) is 2. The highest BCUT2D eigenvalue weighted by molar-refractivity contribution is 7.14. The van der Waals surface area contributed by atoms with Crippen molar-refractivity contribution >= 4 is 40.0 Å². The second-order valence-corrected chi connectivity index (χ2v) is 7.12. The van der Waals surface area contributed by atoms with Crippen molar-refractivity contribution in [2.75, 3.05) is 5.32 Å². The van der Waals surface area contributed by atoms with Gasteiger partial charge in [0.05, 0.1) is 22.2 Å². The number of anilines is 1. The van der Waals surface area contributed by atoms with Gasteiger partial charge in [0.1, 0.15) is 11.1 Å². The fourth-order valence-corrected chi connectivity index (χ4v) is 4.08. The van der Waals surface area contributed by atoms with E-state index in [2.05, 4.69) is 16.4 Å². The highest BCUT2D eigenvalue weighted by Gasteiger charge is 2.24. The van der Waals surface area contributed by atoms with Crippen molar-refractivity contribution in [2.24, 2.45) is 0 Å². The molecule has 0 fully saturated rings.